The topological polar surface area (TPSA) is 86.8 Å². The summed E-state index contributed by atoms with van der Waals surface area (Å²) < 4.78 is 25.2. The lowest BCUT2D eigenvalue weighted by atomic mass is 9.89. The molecular formula is C22H31N3O4S. The predicted molar refractivity (Wildman–Crippen MR) is 114 cm³/mol. The summed E-state index contributed by atoms with van der Waals surface area (Å²) in [6.45, 7) is 1.75. The molecule has 1 aliphatic carbocycles. The molecule has 3 aliphatic rings. The van der Waals surface area contributed by atoms with Crippen molar-refractivity contribution >= 4 is 21.8 Å². The van der Waals surface area contributed by atoms with Crippen molar-refractivity contribution in [2.24, 2.45) is 17.8 Å². The van der Waals surface area contributed by atoms with Gasteiger partial charge in [-0.25, -0.2) is 8.42 Å². The van der Waals surface area contributed by atoms with Gasteiger partial charge in [-0.15, -0.1) is 0 Å². The smallest absolute Gasteiger partial charge is 0.235 e. The van der Waals surface area contributed by atoms with Crippen LogP contribution in [-0.4, -0.2) is 67.9 Å². The minimum atomic E-state index is -3.43. The van der Waals surface area contributed by atoms with Gasteiger partial charge in [0.15, 0.2) is 0 Å². The van der Waals surface area contributed by atoms with Crippen LogP contribution in [0.3, 0.4) is 0 Å². The Morgan fingerprint density at radius 2 is 1.83 bits per heavy atom. The minimum absolute atomic E-state index is 0.00394. The number of piperidine rings is 1. The van der Waals surface area contributed by atoms with Crippen LogP contribution in [0.2, 0.25) is 0 Å². The van der Waals surface area contributed by atoms with Crippen LogP contribution in [0.15, 0.2) is 30.3 Å². The highest BCUT2D eigenvalue weighted by atomic mass is 32.2. The number of benzene rings is 1. The number of sulfonamides is 1. The van der Waals surface area contributed by atoms with Gasteiger partial charge in [0.1, 0.15) is 0 Å². The third-order valence-corrected chi connectivity index (χ3v) is 8.13. The van der Waals surface area contributed by atoms with Gasteiger partial charge in [-0.2, -0.15) is 4.31 Å². The molecule has 2 saturated heterocycles. The van der Waals surface area contributed by atoms with Gasteiger partial charge in [0, 0.05) is 31.6 Å². The number of hydrogen-bond donors (Lipinski definition) is 1. The largest absolute Gasteiger partial charge is 0.352 e. The Morgan fingerprint density at radius 1 is 1.13 bits per heavy atom. The summed E-state index contributed by atoms with van der Waals surface area (Å²) in [5, 5.41) is 2.95. The highest BCUT2D eigenvalue weighted by Crippen LogP contribution is 2.35. The van der Waals surface area contributed by atoms with Crippen molar-refractivity contribution in [2.75, 3.05) is 32.4 Å². The summed E-state index contributed by atoms with van der Waals surface area (Å²) >= 11 is 0. The fraction of sp³-hybridized carbons (Fsp3) is 0.636. The maximum Gasteiger partial charge on any atom is 0.235 e. The van der Waals surface area contributed by atoms with Crippen LogP contribution in [0, 0.1) is 17.8 Å². The molecule has 0 unspecified atom stereocenters. The van der Waals surface area contributed by atoms with E-state index in [2.05, 4.69) is 29.6 Å². The molecule has 30 heavy (non-hydrogen) atoms. The second-order valence-electron chi connectivity index (χ2n) is 9.12. The first-order chi connectivity index (χ1) is 14.3. The van der Waals surface area contributed by atoms with Gasteiger partial charge in [-0.05, 0) is 49.5 Å². The average molecular weight is 434 g/mol. The summed E-state index contributed by atoms with van der Waals surface area (Å²) in [5.41, 5.74) is 1.35. The highest BCUT2D eigenvalue weighted by molar-refractivity contribution is 7.88. The number of fused-ring (bicyclic) bond motifs is 1. The SMILES string of the molecule is CS(=O)(=O)N1CC(=O)N[C@@H]2C[C@@H](C(=O)N3CCC(Cc4ccccc4)CC3)C[C@@H]2C1. The monoisotopic (exact) mass is 433 g/mol. The number of nitrogens with one attached hydrogen (secondary N) is 1. The zero-order chi connectivity index (χ0) is 21.3. The first-order valence-electron chi connectivity index (χ1n) is 10.9. The van der Waals surface area contributed by atoms with Crippen LogP contribution in [0.1, 0.15) is 31.2 Å². The molecule has 1 saturated carbocycles. The molecular weight excluding hydrogens is 402 g/mol. The number of rotatable bonds is 4. The van der Waals surface area contributed by atoms with Crippen LogP contribution < -0.4 is 5.32 Å². The number of carbonyl (C=O) groups excluding carboxylic acids is 2. The van der Waals surface area contributed by atoms with Crippen LogP contribution >= 0.6 is 0 Å². The third kappa shape index (κ3) is 4.86. The van der Waals surface area contributed by atoms with E-state index in [4.69, 9.17) is 0 Å². The zero-order valence-corrected chi connectivity index (χ0v) is 18.3. The van der Waals surface area contributed by atoms with Gasteiger partial charge in [0.2, 0.25) is 21.8 Å². The van der Waals surface area contributed by atoms with E-state index < -0.39 is 10.0 Å². The van der Waals surface area contributed by atoms with E-state index in [1.165, 1.54) is 9.87 Å². The van der Waals surface area contributed by atoms with Gasteiger partial charge >= 0.3 is 0 Å². The molecule has 0 radical (unpaired) electrons. The Balaban J connectivity index is 1.32. The van der Waals surface area contributed by atoms with Gasteiger partial charge in [-0.3, -0.25) is 9.59 Å². The molecule has 164 valence electrons. The zero-order valence-electron chi connectivity index (χ0n) is 17.5. The molecule has 1 aromatic rings. The van der Waals surface area contributed by atoms with Crippen molar-refractivity contribution in [3.63, 3.8) is 0 Å². The molecule has 3 atom stereocenters. The molecule has 1 N–H and O–H groups in total. The quantitative estimate of drug-likeness (QED) is 0.774. The maximum absolute atomic E-state index is 13.1. The molecule has 7 nitrogen and oxygen atoms in total. The molecule has 2 heterocycles. The van der Waals surface area contributed by atoms with E-state index >= 15 is 0 Å². The summed E-state index contributed by atoms with van der Waals surface area (Å²) in [6, 6.07) is 10.4. The van der Waals surface area contributed by atoms with Gasteiger partial charge < -0.3 is 10.2 Å². The molecule has 4 rings (SSSR count). The van der Waals surface area contributed by atoms with Gasteiger partial charge in [0.05, 0.1) is 12.8 Å². The summed E-state index contributed by atoms with van der Waals surface area (Å²) in [4.78, 5) is 27.3. The van der Waals surface area contributed by atoms with E-state index in [-0.39, 0.29) is 36.2 Å². The molecule has 2 aliphatic heterocycles. The second kappa shape index (κ2) is 8.67. The molecule has 1 aromatic carbocycles. The predicted octanol–water partition coefficient (Wildman–Crippen LogP) is 1.25. The minimum Gasteiger partial charge on any atom is -0.352 e. The highest BCUT2D eigenvalue weighted by Gasteiger charge is 2.44. The Bertz CT molecular complexity index is 881. The fourth-order valence-corrected chi connectivity index (χ4v) is 6.07. The molecule has 0 bridgehead atoms. The lowest BCUT2D eigenvalue weighted by molar-refractivity contribution is -0.137. The van der Waals surface area contributed by atoms with E-state index in [1.807, 2.05) is 11.0 Å². The van der Waals surface area contributed by atoms with E-state index in [9.17, 15) is 18.0 Å². The Morgan fingerprint density at radius 3 is 2.50 bits per heavy atom. The van der Waals surface area contributed by atoms with Crippen LogP contribution in [0.4, 0.5) is 0 Å². The Hall–Kier alpha value is -1.93. The maximum atomic E-state index is 13.1. The normalized spacial score (nSPS) is 28.6. The first kappa shape index (κ1) is 21.3. The molecule has 0 aromatic heterocycles. The molecule has 8 heteroatoms. The van der Waals surface area contributed by atoms with E-state index in [0.717, 1.165) is 38.6 Å². The van der Waals surface area contributed by atoms with Gasteiger partial charge in [0.25, 0.3) is 0 Å². The van der Waals surface area contributed by atoms with Crippen molar-refractivity contribution in [2.45, 2.75) is 38.1 Å². The van der Waals surface area contributed by atoms with Crippen LogP contribution in [-0.2, 0) is 26.0 Å². The Kier molecular flexibility index (Phi) is 6.16. The number of likely N-dealkylation sites (tertiary alicyclic amines) is 1. The number of nitrogens with zero attached hydrogens (tertiary/aromatic N) is 2. The first-order valence-corrected chi connectivity index (χ1v) is 12.7. The second-order valence-corrected chi connectivity index (χ2v) is 11.1. The van der Waals surface area contributed by atoms with E-state index in [1.54, 1.807) is 0 Å². The number of carbonyl (C=O) groups is 2. The molecule has 0 spiro atoms. The lowest BCUT2D eigenvalue weighted by Crippen LogP contribution is -2.42. The van der Waals surface area contributed by atoms with Crippen molar-refractivity contribution in [3.05, 3.63) is 35.9 Å². The van der Waals surface area contributed by atoms with Crippen molar-refractivity contribution in [1.82, 2.24) is 14.5 Å². The lowest BCUT2D eigenvalue weighted by Gasteiger charge is -2.34. The van der Waals surface area contributed by atoms with Crippen molar-refractivity contribution < 1.29 is 18.0 Å². The number of hydrogen-bond acceptors (Lipinski definition) is 4. The summed E-state index contributed by atoms with van der Waals surface area (Å²) in [7, 11) is -3.43. The third-order valence-electron chi connectivity index (χ3n) is 6.91. The van der Waals surface area contributed by atoms with Crippen LogP contribution in [0.5, 0.6) is 0 Å². The molecule has 3 fully saturated rings. The summed E-state index contributed by atoms with van der Waals surface area (Å²) in [5.74, 6) is 0.360. The fourth-order valence-electron chi connectivity index (χ4n) is 5.26. The Labute approximate surface area is 178 Å². The molecule has 2 amide bonds. The number of amides is 2. The standard InChI is InChI=1S/C22H31N3O4S/c1-30(28,29)25-14-19-12-18(13-20(19)23-21(26)15-25)22(27)24-9-7-17(8-10-24)11-16-5-3-2-4-6-16/h2-6,17-20H,7-15H2,1H3,(H,23,26)/t18-,19+,20+/m0/s1. The summed E-state index contributed by atoms with van der Waals surface area (Å²) in [6.07, 6.45) is 5.47. The van der Waals surface area contributed by atoms with Crippen molar-refractivity contribution in [1.29, 1.82) is 0 Å². The van der Waals surface area contributed by atoms with E-state index in [0.29, 0.717) is 25.3 Å². The van der Waals surface area contributed by atoms with Crippen molar-refractivity contribution in [3.8, 4) is 0 Å². The van der Waals surface area contributed by atoms with Gasteiger partial charge in [-0.1, -0.05) is 30.3 Å². The van der Waals surface area contributed by atoms with Crippen LogP contribution in [0.25, 0.3) is 0 Å². The average Bonchev–Trinajstić information content (AvgIpc) is 3.02.